The highest BCUT2D eigenvalue weighted by Crippen LogP contribution is 2.25. The van der Waals surface area contributed by atoms with Crippen molar-refractivity contribution in [3.05, 3.63) is 90.6 Å². The summed E-state index contributed by atoms with van der Waals surface area (Å²) in [5.74, 6) is 0. The Morgan fingerprint density at radius 2 is 1.38 bits per heavy atom. The Balaban J connectivity index is 1.61. The fourth-order valence-electron chi connectivity index (χ4n) is 3.07. The zero-order valence-corrected chi connectivity index (χ0v) is 18.1. The van der Waals surface area contributed by atoms with E-state index < -0.39 is 20.0 Å². The molecule has 0 unspecified atom stereocenters. The van der Waals surface area contributed by atoms with Gasteiger partial charge in [0.15, 0.2) is 0 Å². The Morgan fingerprint density at radius 1 is 0.750 bits per heavy atom. The van der Waals surface area contributed by atoms with Crippen LogP contribution in [0, 0.1) is 11.3 Å². The van der Waals surface area contributed by atoms with Gasteiger partial charge < -0.3 is 0 Å². The molecule has 0 amide bonds. The van der Waals surface area contributed by atoms with E-state index in [4.69, 9.17) is 5.26 Å². The number of hydrogen-bond acceptors (Lipinski definition) is 6. The lowest BCUT2D eigenvalue weighted by atomic mass is 10.2. The number of aromatic nitrogens is 1. The third-order valence-electron chi connectivity index (χ3n) is 4.55. The van der Waals surface area contributed by atoms with Crippen LogP contribution in [0.5, 0.6) is 0 Å². The largest absolute Gasteiger partial charge is 0.280 e. The minimum atomic E-state index is -3.98. The molecule has 0 bridgehead atoms. The van der Waals surface area contributed by atoms with E-state index in [9.17, 15) is 16.8 Å². The summed E-state index contributed by atoms with van der Waals surface area (Å²) >= 11 is 0. The first kappa shape index (κ1) is 21.3. The van der Waals surface area contributed by atoms with Crippen molar-refractivity contribution >= 4 is 42.3 Å². The monoisotopic (exact) mass is 464 g/mol. The second-order valence-corrected chi connectivity index (χ2v) is 10.1. The fraction of sp³-hybridized carbons (Fsp3) is 0. The van der Waals surface area contributed by atoms with E-state index in [2.05, 4.69) is 14.4 Å². The van der Waals surface area contributed by atoms with Gasteiger partial charge in [-0.15, -0.1) is 0 Å². The minimum Gasteiger partial charge on any atom is -0.280 e. The molecule has 0 saturated heterocycles. The van der Waals surface area contributed by atoms with E-state index >= 15 is 0 Å². The van der Waals surface area contributed by atoms with Gasteiger partial charge in [0.05, 0.1) is 33.4 Å². The van der Waals surface area contributed by atoms with Gasteiger partial charge >= 0.3 is 0 Å². The summed E-state index contributed by atoms with van der Waals surface area (Å²) in [5.41, 5.74) is 1.02. The molecule has 8 nitrogen and oxygen atoms in total. The Hall–Kier alpha value is -3.94. The van der Waals surface area contributed by atoms with Gasteiger partial charge in [-0.2, -0.15) is 5.26 Å². The molecule has 4 rings (SSSR count). The number of hydrogen-bond donors (Lipinski definition) is 2. The minimum absolute atomic E-state index is 0.0131. The number of para-hydroxylation sites is 1. The van der Waals surface area contributed by atoms with Gasteiger partial charge in [-0.3, -0.25) is 14.4 Å². The molecule has 0 aliphatic carbocycles. The molecule has 0 aliphatic rings. The molecule has 10 heteroatoms. The van der Waals surface area contributed by atoms with Crippen LogP contribution in [0.15, 0.2) is 94.9 Å². The summed E-state index contributed by atoms with van der Waals surface area (Å²) < 4.78 is 56.1. The van der Waals surface area contributed by atoms with E-state index in [1.54, 1.807) is 24.3 Å². The molecule has 0 aliphatic heterocycles. The lowest BCUT2D eigenvalue weighted by Gasteiger charge is -2.12. The maximum absolute atomic E-state index is 13.0. The van der Waals surface area contributed by atoms with Gasteiger partial charge in [-0.25, -0.2) is 16.8 Å². The van der Waals surface area contributed by atoms with Crippen molar-refractivity contribution < 1.29 is 16.8 Å². The second kappa shape index (κ2) is 8.30. The second-order valence-electron chi connectivity index (χ2n) is 6.76. The summed E-state index contributed by atoms with van der Waals surface area (Å²) in [4.78, 5) is 4.16. The number of fused-ring (bicyclic) bond motifs is 1. The van der Waals surface area contributed by atoms with Crippen molar-refractivity contribution in [2.24, 2.45) is 0 Å². The fourth-order valence-corrected chi connectivity index (χ4v) is 5.35. The number of sulfonamides is 2. The van der Waals surface area contributed by atoms with E-state index in [-0.39, 0.29) is 21.2 Å². The normalized spacial score (nSPS) is 11.6. The zero-order valence-electron chi connectivity index (χ0n) is 16.4. The molecule has 0 radical (unpaired) electrons. The van der Waals surface area contributed by atoms with Crippen LogP contribution in [0.3, 0.4) is 0 Å². The Kier molecular flexibility index (Phi) is 5.52. The molecular formula is C22H16N4O4S2. The standard InChI is InChI=1S/C22H16N4O4S2/c23-15-16-9-11-20(12-10-16)31(27,28)25-18-6-2-7-19(14-18)26-32(29,30)21-8-1-4-17-5-3-13-24-22(17)21/h1-14,25-26H. The average molecular weight is 465 g/mol. The number of pyridine rings is 1. The van der Waals surface area contributed by atoms with Crippen molar-refractivity contribution in [1.29, 1.82) is 5.26 Å². The third-order valence-corrected chi connectivity index (χ3v) is 7.36. The van der Waals surface area contributed by atoms with Crippen molar-refractivity contribution in [3.63, 3.8) is 0 Å². The maximum atomic E-state index is 13.0. The van der Waals surface area contributed by atoms with E-state index in [0.29, 0.717) is 16.5 Å². The summed E-state index contributed by atoms with van der Waals surface area (Å²) in [7, 11) is -7.91. The van der Waals surface area contributed by atoms with Gasteiger partial charge in [0, 0.05) is 11.6 Å². The van der Waals surface area contributed by atoms with Crippen LogP contribution < -0.4 is 9.44 Å². The van der Waals surface area contributed by atoms with E-state index in [1.165, 1.54) is 60.8 Å². The van der Waals surface area contributed by atoms with Crippen LogP contribution in [0.2, 0.25) is 0 Å². The Bertz CT molecular complexity index is 1550. The predicted molar refractivity (Wildman–Crippen MR) is 121 cm³/mol. The molecule has 4 aromatic rings. The van der Waals surface area contributed by atoms with Crippen molar-refractivity contribution in [2.45, 2.75) is 9.79 Å². The van der Waals surface area contributed by atoms with Crippen LogP contribution in [0.4, 0.5) is 11.4 Å². The summed E-state index contributed by atoms with van der Waals surface area (Å²) in [5, 5.41) is 9.54. The smallest absolute Gasteiger partial charge is 0.264 e. The van der Waals surface area contributed by atoms with Gasteiger partial charge in [0.25, 0.3) is 20.0 Å². The predicted octanol–water partition coefficient (Wildman–Crippen LogP) is 3.71. The SMILES string of the molecule is N#Cc1ccc(S(=O)(=O)Nc2cccc(NS(=O)(=O)c3cccc4cccnc34)c2)cc1. The number of nitrogens with one attached hydrogen (secondary N) is 2. The topological polar surface area (TPSA) is 129 Å². The molecule has 0 fully saturated rings. The van der Waals surface area contributed by atoms with Crippen molar-refractivity contribution in [3.8, 4) is 6.07 Å². The molecule has 2 N–H and O–H groups in total. The molecule has 32 heavy (non-hydrogen) atoms. The lowest BCUT2D eigenvalue weighted by Crippen LogP contribution is -2.15. The van der Waals surface area contributed by atoms with Gasteiger partial charge in [0.2, 0.25) is 0 Å². The highest BCUT2D eigenvalue weighted by atomic mass is 32.2. The first-order valence-electron chi connectivity index (χ1n) is 9.28. The van der Waals surface area contributed by atoms with Crippen LogP contribution >= 0.6 is 0 Å². The van der Waals surface area contributed by atoms with Crippen LogP contribution in [-0.2, 0) is 20.0 Å². The highest BCUT2D eigenvalue weighted by molar-refractivity contribution is 7.93. The van der Waals surface area contributed by atoms with Crippen LogP contribution in [-0.4, -0.2) is 21.8 Å². The average Bonchev–Trinajstić information content (AvgIpc) is 2.78. The van der Waals surface area contributed by atoms with Gasteiger partial charge in [-0.1, -0.05) is 24.3 Å². The Morgan fingerprint density at radius 3 is 2.06 bits per heavy atom. The van der Waals surface area contributed by atoms with Crippen molar-refractivity contribution in [1.82, 2.24) is 4.98 Å². The molecule has 1 aromatic heterocycles. The third kappa shape index (κ3) is 4.39. The number of nitrogens with zero attached hydrogens (tertiary/aromatic N) is 2. The number of nitriles is 1. The van der Waals surface area contributed by atoms with E-state index in [1.807, 2.05) is 6.07 Å². The summed E-state index contributed by atoms with van der Waals surface area (Å²) in [6.07, 6.45) is 1.51. The quantitative estimate of drug-likeness (QED) is 0.448. The Labute approximate surface area is 185 Å². The van der Waals surface area contributed by atoms with Crippen molar-refractivity contribution in [2.75, 3.05) is 9.44 Å². The zero-order chi connectivity index (χ0) is 22.8. The molecular weight excluding hydrogens is 448 g/mol. The molecule has 160 valence electrons. The first-order valence-corrected chi connectivity index (χ1v) is 12.2. The van der Waals surface area contributed by atoms with Crippen LogP contribution in [0.1, 0.15) is 5.56 Å². The maximum Gasteiger partial charge on any atom is 0.264 e. The first-order chi connectivity index (χ1) is 15.3. The summed E-state index contributed by atoms with van der Waals surface area (Å²) in [6.45, 7) is 0. The number of rotatable bonds is 6. The van der Waals surface area contributed by atoms with Crippen LogP contribution in [0.25, 0.3) is 10.9 Å². The molecule has 1 heterocycles. The molecule has 0 saturated carbocycles. The van der Waals surface area contributed by atoms with E-state index in [0.717, 1.165) is 0 Å². The molecule has 3 aromatic carbocycles. The molecule has 0 spiro atoms. The molecule has 0 atom stereocenters. The number of anilines is 2. The van der Waals surface area contributed by atoms with Gasteiger partial charge in [-0.05, 0) is 54.6 Å². The highest BCUT2D eigenvalue weighted by Gasteiger charge is 2.19. The summed E-state index contributed by atoms with van der Waals surface area (Å²) in [6, 6.07) is 21.6. The van der Waals surface area contributed by atoms with Gasteiger partial charge in [0.1, 0.15) is 4.90 Å². The lowest BCUT2D eigenvalue weighted by molar-refractivity contribution is 0.600. The number of benzene rings is 3.